The summed E-state index contributed by atoms with van der Waals surface area (Å²) >= 11 is 12.1. The number of carbonyl (C=O) groups is 1. The number of nitrogens with one attached hydrogen (secondary N) is 2. The molecule has 3 aromatic carbocycles. The molecule has 1 aliphatic heterocycles. The summed E-state index contributed by atoms with van der Waals surface area (Å²) < 4.78 is 5.86. The van der Waals surface area contributed by atoms with Gasteiger partial charge in [0.2, 0.25) is 0 Å². The number of hydrogen-bond acceptors (Lipinski definition) is 3. The van der Waals surface area contributed by atoms with Gasteiger partial charge in [-0.2, -0.15) is 0 Å². The minimum absolute atomic E-state index is 0.472. The molecule has 1 aliphatic rings. The summed E-state index contributed by atoms with van der Waals surface area (Å²) in [5, 5.41) is 7.44. The smallest absolute Gasteiger partial charge is 0.412 e. The quantitative estimate of drug-likeness (QED) is 0.487. The zero-order valence-electron chi connectivity index (χ0n) is 15.1. The SMILES string of the molecule is CCC1(c2ccc(Cl)cc2)OC(=O)Nc2ccc(Nc3cccc(Cl)c3)cc21. The molecule has 0 aliphatic carbocycles. The lowest BCUT2D eigenvalue weighted by atomic mass is 9.82. The Balaban J connectivity index is 1.81. The average Bonchev–Trinajstić information content (AvgIpc) is 2.68. The van der Waals surface area contributed by atoms with Gasteiger partial charge < -0.3 is 10.1 Å². The number of halogens is 2. The Bertz CT molecular complexity index is 1040. The number of benzene rings is 3. The van der Waals surface area contributed by atoms with Crippen LogP contribution in [0.3, 0.4) is 0 Å². The molecular formula is C22H18Cl2N2O2. The summed E-state index contributed by atoms with van der Waals surface area (Å²) in [5.41, 5.74) is 3.33. The van der Waals surface area contributed by atoms with Crippen molar-refractivity contribution in [2.45, 2.75) is 18.9 Å². The van der Waals surface area contributed by atoms with Crippen LogP contribution in [0.15, 0.2) is 66.7 Å². The number of carbonyl (C=O) groups excluding carboxylic acids is 1. The average molecular weight is 413 g/mol. The number of fused-ring (bicyclic) bond motifs is 1. The molecule has 1 unspecified atom stereocenters. The molecule has 2 N–H and O–H groups in total. The minimum Gasteiger partial charge on any atom is -0.433 e. The molecule has 3 aromatic rings. The molecule has 6 heteroatoms. The molecule has 1 atom stereocenters. The topological polar surface area (TPSA) is 50.4 Å². The van der Waals surface area contributed by atoms with Gasteiger partial charge in [0.1, 0.15) is 0 Å². The normalized spacial score (nSPS) is 18.0. The Hall–Kier alpha value is -2.69. The third-order valence-electron chi connectivity index (χ3n) is 4.88. The van der Waals surface area contributed by atoms with Crippen LogP contribution in [0.25, 0.3) is 0 Å². The number of rotatable bonds is 4. The largest absolute Gasteiger partial charge is 0.433 e. The second-order valence-corrected chi connectivity index (χ2v) is 7.47. The van der Waals surface area contributed by atoms with Crippen molar-refractivity contribution in [2.75, 3.05) is 10.6 Å². The molecule has 0 aromatic heterocycles. The number of cyclic esters (lactones) is 1. The van der Waals surface area contributed by atoms with E-state index in [0.29, 0.717) is 16.5 Å². The molecule has 0 bridgehead atoms. The van der Waals surface area contributed by atoms with Crippen molar-refractivity contribution in [3.8, 4) is 0 Å². The van der Waals surface area contributed by atoms with Gasteiger partial charge >= 0.3 is 6.09 Å². The summed E-state index contributed by atoms with van der Waals surface area (Å²) in [6.07, 6.45) is 0.107. The molecule has 0 fully saturated rings. The van der Waals surface area contributed by atoms with Crippen molar-refractivity contribution in [1.29, 1.82) is 0 Å². The Morgan fingerprint density at radius 3 is 2.43 bits per heavy atom. The van der Waals surface area contributed by atoms with Crippen LogP contribution in [-0.4, -0.2) is 6.09 Å². The molecule has 28 heavy (non-hydrogen) atoms. The maximum absolute atomic E-state index is 12.3. The summed E-state index contributed by atoms with van der Waals surface area (Å²) in [6, 6.07) is 20.7. The molecule has 0 saturated carbocycles. The van der Waals surface area contributed by atoms with E-state index in [1.54, 1.807) is 12.1 Å². The molecular weight excluding hydrogens is 395 g/mol. The lowest BCUT2D eigenvalue weighted by molar-refractivity contribution is 0.0411. The first kappa shape index (κ1) is 18.7. The van der Waals surface area contributed by atoms with Gasteiger partial charge in [0.15, 0.2) is 5.60 Å². The van der Waals surface area contributed by atoms with Crippen LogP contribution >= 0.6 is 23.2 Å². The fourth-order valence-electron chi connectivity index (χ4n) is 3.55. The third-order valence-corrected chi connectivity index (χ3v) is 5.37. The van der Waals surface area contributed by atoms with E-state index in [9.17, 15) is 4.79 Å². The van der Waals surface area contributed by atoms with Crippen LogP contribution in [-0.2, 0) is 10.3 Å². The highest BCUT2D eigenvalue weighted by molar-refractivity contribution is 6.31. The van der Waals surface area contributed by atoms with Crippen LogP contribution < -0.4 is 10.6 Å². The van der Waals surface area contributed by atoms with Gasteiger partial charge in [-0.15, -0.1) is 0 Å². The van der Waals surface area contributed by atoms with Gasteiger partial charge in [0, 0.05) is 32.5 Å². The fraction of sp³-hybridized carbons (Fsp3) is 0.136. The number of hydrogen-bond donors (Lipinski definition) is 2. The Labute approximate surface area is 173 Å². The monoisotopic (exact) mass is 412 g/mol. The van der Waals surface area contributed by atoms with Gasteiger partial charge in [0.25, 0.3) is 0 Å². The molecule has 0 saturated heterocycles. The zero-order valence-corrected chi connectivity index (χ0v) is 16.6. The summed E-state index contributed by atoms with van der Waals surface area (Å²) in [5.74, 6) is 0. The van der Waals surface area contributed by atoms with Crippen LogP contribution in [0.4, 0.5) is 21.9 Å². The first-order chi connectivity index (χ1) is 13.5. The van der Waals surface area contributed by atoms with Gasteiger partial charge in [-0.05, 0) is 55.0 Å². The van der Waals surface area contributed by atoms with Gasteiger partial charge in [-0.3, -0.25) is 5.32 Å². The van der Waals surface area contributed by atoms with Crippen molar-refractivity contribution >= 4 is 46.4 Å². The predicted molar refractivity (Wildman–Crippen MR) is 114 cm³/mol. The molecule has 1 heterocycles. The van der Waals surface area contributed by atoms with E-state index in [0.717, 1.165) is 28.2 Å². The lowest BCUT2D eigenvalue weighted by Gasteiger charge is -2.38. The number of anilines is 3. The predicted octanol–water partition coefficient (Wildman–Crippen LogP) is 6.95. The Morgan fingerprint density at radius 2 is 1.71 bits per heavy atom. The van der Waals surface area contributed by atoms with Crippen molar-refractivity contribution in [1.82, 2.24) is 0 Å². The van der Waals surface area contributed by atoms with E-state index in [4.69, 9.17) is 27.9 Å². The molecule has 0 spiro atoms. The van der Waals surface area contributed by atoms with E-state index in [1.165, 1.54) is 0 Å². The van der Waals surface area contributed by atoms with Crippen LogP contribution in [0, 0.1) is 0 Å². The first-order valence-electron chi connectivity index (χ1n) is 8.93. The summed E-state index contributed by atoms with van der Waals surface area (Å²) in [4.78, 5) is 12.3. The molecule has 4 rings (SSSR count). The maximum Gasteiger partial charge on any atom is 0.412 e. The molecule has 142 valence electrons. The van der Waals surface area contributed by atoms with E-state index in [2.05, 4.69) is 10.6 Å². The molecule has 0 radical (unpaired) electrons. The summed E-state index contributed by atoms with van der Waals surface area (Å²) in [7, 11) is 0. The third kappa shape index (κ3) is 3.41. The van der Waals surface area contributed by atoms with E-state index in [1.807, 2.05) is 61.5 Å². The maximum atomic E-state index is 12.3. The minimum atomic E-state index is -0.895. The van der Waals surface area contributed by atoms with Crippen molar-refractivity contribution < 1.29 is 9.53 Å². The van der Waals surface area contributed by atoms with Crippen molar-refractivity contribution in [3.63, 3.8) is 0 Å². The fourth-order valence-corrected chi connectivity index (χ4v) is 3.86. The highest BCUT2D eigenvalue weighted by Gasteiger charge is 2.42. The Kier molecular flexibility index (Phi) is 4.92. The van der Waals surface area contributed by atoms with Crippen LogP contribution in [0.5, 0.6) is 0 Å². The van der Waals surface area contributed by atoms with E-state index >= 15 is 0 Å². The number of ether oxygens (including phenoxy) is 1. The van der Waals surface area contributed by atoms with Crippen molar-refractivity contribution in [3.05, 3.63) is 87.9 Å². The van der Waals surface area contributed by atoms with Crippen LogP contribution in [0.1, 0.15) is 24.5 Å². The molecule has 1 amide bonds. The van der Waals surface area contributed by atoms with Crippen LogP contribution in [0.2, 0.25) is 10.0 Å². The lowest BCUT2D eigenvalue weighted by Crippen LogP contribution is -2.40. The highest BCUT2D eigenvalue weighted by Crippen LogP contribution is 2.45. The molecule has 4 nitrogen and oxygen atoms in total. The first-order valence-corrected chi connectivity index (χ1v) is 9.69. The number of amides is 1. The van der Waals surface area contributed by atoms with E-state index < -0.39 is 11.7 Å². The zero-order chi connectivity index (χ0) is 19.7. The van der Waals surface area contributed by atoms with Gasteiger partial charge in [-0.1, -0.05) is 48.3 Å². The highest BCUT2D eigenvalue weighted by atomic mass is 35.5. The van der Waals surface area contributed by atoms with Gasteiger partial charge in [-0.25, -0.2) is 4.79 Å². The van der Waals surface area contributed by atoms with E-state index in [-0.39, 0.29) is 0 Å². The van der Waals surface area contributed by atoms with Crippen molar-refractivity contribution in [2.24, 2.45) is 0 Å². The Morgan fingerprint density at radius 1 is 0.964 bits per heavy atom. The second kappa shape index (κ2) is 7.38. The second-order valence-electron chi connectivity index (χ2n) is 6.60. The van der Waals surface area contributed by atoms with Gasteiger partial charge in [0.05, 0.1) is 5.69 Å². The standard InChI is InChI=1S/C22H18Cl2N2O2/c1-2-22(14-6-8-15(23)9-7-14)19-13-18(10-11-20(19)26-21(27)28-22)25-17-5-3-4-16(24)12-17/h3-13,25H,2H2,1H3,(H,26,27). The summed E-state index contributed by atoms with van der Waals surface area (Å²) in [6.45, 7) is 1.99.